The lowest BCUT2D eigenvalue weighted by Crippen LogP contribution is -2.23. The molecule has 0 heterocycles. The molecule has 0 fully saturated rings. The van der Waals surface area contributed by atoms with Gasteiger partial charge in [-0.2, -0.15) is 0 Å². The summed E-state index contributed by atoms with van der Waals surface area (Å²) in [6, 6.07) is 14.5. The molecular formula is C34H48Cl5N3O9. The number of hydrogen-bond acceptors (Lipinski definition) is 9. The maximum Gasteiger partial charge on any atom is 0.344 e. The van der Waals surface area contributed by atoms with Crippen molar-refractivity contribution in [3.05, 3.63) is 85.3 Å². The predicted octanol–water partition coefficient (Wildman–Crippen LogP) is 7.70. The first kappa shape index (κ1) is 52.2. The fraction of sp³-hybridized carbons (Fsp3) is 0.382. The number of carbonyl (C=O) groups is 3. The molecule has 1 atom stereocenters. The number of carboxylic acid groups (broad SMARTS) is 3. The smallest absolute Gasteiger partial charge is 0.344 e. The summed E-state index contributed by atoms with van der Waals surface area (Å²) in [6.45, 7) is 3.21. The third-order valence-electron chi connectivity index (χ3n) is 4.72. The molecule has 12 nitrogen and oxygen atoms in total. The van der Waals surface area contributed by atoms with Gasteiger partial charge in [0.1, 0.15) is 17.2 Å². The van der Waals surface area contributed by atoms with Crippen LogP contribution in [0.25, 0.3) is 0 Å². The molecule has 0 aliphatic carbocycles. The molecule has 288 valence electrons. The summed E-state index contributed by atoms with van der Waals surface area (Å²) in [5, 5.41) is 36.0. The van der Waals surface area contributed by atoms with Crippen molar-refractivity contribution < 1.29 is 43.9 Å². The first-order valence-electron chi connectivity index (χ1n) is 14.9. The van der Waals surface area contributed by atoms with E-state index < -0.39 is 30.6 Å². The van der Waals surface area contributed by atoms with Gasteiger partial charge < -0.3 is 45.5 Å². The third kappa shape index (κ3) is 30.2. The van der Waals surface area contributed by atoms with Gasteiger partial charge in [-0.3, -0.25) is 4.79 Å². The monoisotopic (exact) mass is 817 g/mol. The Labute approximate surface area is 325 Å². The number of carboxylic acids is 3. The standard InChI is InChI=1S/C10H10Cl2O3.C10H11ClO3.C8H6Cl2O3.3C2H7N/c11-7-3-4-9(8(12)6-7)15-5-1-2-10(13)14;1-6-5-8(11)3-4-9(6)14-7(2)10(12)13;9-5-1-2-7(6(10)3-5)13-4-8(11)12;3*1-3-2/h3-4,6H,1-2,5H2,(H,13,14);3-5,7H,1-2H3,(H,12,13);1-3H,4H2,(H,11,12);3*3H,1-2H3/t;7-;;;;/m.1..../s1. The van der Waals surface area contributed by atoms with Crippen molar-refractivity contribution in [2.45, 2.75) is 32.8 Å². The van der Waals surface area contributed by atoms with Gasteiger partial charge >= 0.3 is 17.9 Å². The summed E-state index contributed by atoms with van der Waals surface area (Å²) in [4.78, 5) is 30.9. The number of hydrogen-bond donors (Lipinski definition) is 6. The average Bonchev–Trinajstić information content (AvgIpc) is 3.03. The molecule has 0 saturated carbocycles. The van der Waals surface area contributed by atoms with E-state index in [1.165, 1.54) is 19.1 Å². The molecule has 6 N–H and O–H groups in total. The minimum Gasteiger partial charge on any atom is -0.492 e. The molecule has 17 heteroatoms. The fourth-order valence-corrected chi connectivity index (χ4v) is 3.87. The molecule has 0 aromatic heterocycles. The van der Waals surface area contributed by atoms with Crippen molar-refractivity contribution in [1.29, 1.82) is 0 Å². The lowest BCUT2D eigenvalue weighted by molar-refractivity contribution is -0.144. The molecule has 0 spiro atoms. The Morgan fingerprint density at radius 2 is 1.04 bits per heavy atom. The van der Waals surface area contributed by atoms with Crippen LogP contribution in [-0.2, 0) is 14.4 Å². The van der Waals surface area contributed by atoms with Crippen molar-refractivity contribution >= 4 is 75.9 Å². The van der Waals surface area contributed by atoms with Crippen LogP contribution in [0.4, 0.5) is 0 Å². The van der Waals surface area contributed by atoms with Crippen LogP contribution in [-0.4, -0.2) is 94.8 Å². The van der Waals surface area contributed by atoms with E-state index >= 15 is 0 Å². The van der Waals surface area contributed by atoms with Crippen LogP contribution in [0.3, 0.4) is 0 Å². The van der Waals surface area contributed by atoms with Crippen molar-refractivity contribution in [3.8, 4) is 17.2 Å². The van der Waals surface area contributed by atoms with Crippen LogP contribution in [0.2, 0.25) is 25.1 Å². The quantitative estimate of drug-likeness (QED) is 0.104. The highest BCUT2D eigenvalue weighted by molar-refractivity contribution is 6.36. The molecule has 51 heavy (non-hydrogen) atoms. The molecule has 0 radical (unpaired) electrons. The van der Waals surface area contributed by atoms with E-state index in [4.69, 9.17) is 87.5 Å². The SMILES string of the molecule is CNC.CNC.CNC.Cc1cc(Cl)ccc1O[C@H](C)C(=O)O.O=C(O)CCCOc1ccc(Cl)cc1Cl.O=C(O)COc1ccc(Cl)cc1Cl. The number of aryl methyl sites for hydroxylation is 1. The highest BCUT2D eigenvalue weighted by Gasteiger charge is 2.13. The number of benzene rings is 3. The van der Waals surface area contributed by atoms with E-state index in [1.54, 1.807) is 42.5 Å². The number of aliphatic carboxylic acids is 3. The Hall–Kier alpha value is -3.20. The Kier molecular flexibility index (Phi) is 33.4. The molecule has 0 unspecified atom stereocenters. The number of rotatable bonds is 11. The Morgan fingerprint density at radius 3 is 1.39 bits per heavy atom. The van der Waals surface area contributed by atoms with Crippen LogP contribution in [0.1, 0.15) is 25.3 Å². The summed E-state index contributed by atoms with van der Waals surface area (Å²) in [7, 11) is 11.2. The second-order valence-electron chi connectivity index (χ2n) is 9.69. The number of halogens is 5. The van der Waals surface area contributed by atoms with Gasteiger partial charge in [0.05, 0.1) is 16.7 Å². The number of nitrogens with one attached hydrogen (secondary N) is 3. The van der Waals surface area contributed by atoms with Crippen LogP contribution in [0.5, 0.6) is 17.2 Å². The second-order valence-corrected chi connectivity index (χ2v) is 11.8. The molecule has 3 aromatic rings. The minimum atomic E-state index is -1.05. The predicted molar refractivity (Wildman–Crippen MR) is 207 cm³/mol. The summed E-state index contributed by atoms with van der Waals surface area (Å²) in [6.07, 6.45) is -0.311. The first-order chi connectivity index (χ1) is 23.9. The minimum absolute atomic E-state index is 0.0885. The molecule has 0 amide bonds. The third-order valence-corrected chi connectivity index (χ3v) is 6.02. The zero-order valence-corrected chi connectivity index (χ0v) is 33.6. The summed E-state index contributed by atoms with van der Waals surface area (Å²) in [5.74, 6) is -1.49. The largest absolute Gasteiger partial charge is 0.492 e. The lowest BCUT2D eigenvalue weighted by atomic mass is 10.2. The normalized spacial score (nSPS) is 9.82. The molecule has 0 aliphatic heterocycles. The van der Waals surface area contributed by atoms with E-state index in [0.29, 0.717) is 55.4 Å². The maximum absolute atomic E-state index is 10.5. The molecule has 0 bridgehead atoms. The van der Waals surface area contributed by atoms with Gasteiger partial charge in [0.2, 0.25) is 0 Å². The van der Waals surface area contributed by atoms with E-state index in [2.05, 4.69) is 16.0 Å². The van der Waals surface area contributed by atoms with Crippen molar-refractivity contribution in [3.63, 3.8) is 0 Å². The van der Waals surface area contributed by atoms with Gasteiger partial charge in [-0.1, -0.05) is 58.0 Å². The van der Waals surface area contributed by atoms with Crippen molar-refractivity contribution in [2.75, 3.05) is 55.5 Å². The topological polar surface area (TPSA) is 176 Å². The molecular weight excluding hydrogens is 772 g/mol. The molecule has 3 aromatic carbocycles. The van der Waals surface area contributed by atoms with Gasteiger partial charge in [0.25, 0.3) is 0 Å². The highest BCUT2D eigenvalue weighted by atomic mass is 35.5. The van der Waals surface area contributed by atoms with Crippen LogP contribution in [0, 0.1) is 6.92 Å². The number of ether oxygens (including phenoxy) is 3. The van der Waals surface area contributed by atoms with Gasteiger partial charge in [0, 0.05) is 21.5 Å². The van der Waals surface area contributed by atoms with Crippen LogP contribution < -0.4 is 30.2 Å². The fourth-order valence-electron chi connectivity index (χ4n) is 2.72. The zero-order valence-electron chi connectivity index (χ0n) is 29.8. The van der Waals surface area contributed by atoms with E-state index in [1.807, 2.05) is 49.2 Å². The van der Waals surface area contributed by atoms with E-state index in [-0.39, 0.29) is 6.42 Å². The first-order valence-corrected chi connectivity index (χ1v) is 16.8. The molecule has 0 aliphatic rings. The Balaban J connectivity index is -0.000000606. The van der Waals surface area contributed by atoms with Gasteiger partial charge in [-0.15, -0.1) is 0 Å². The zero-order chi connectivity index (χ0) is 39.9. The van der Waals surface area contributed by atoms with E-state index in [9.17, 15) is 14.4 Å². The van der Waals surface area contributed by atoms with Gasteiger partial charge in [-0.05, 0) is 123 Å². The molecule has 3 rings (SSSR count). The van der Waals surface area contributed by atoms with Crippen molar-refractivity contribution in [1.82, 2.24) is 16.0 Å². The second kappa shape index (κ2) is 32.7. The van der Waals surface area contributed by atoms with E-state index in [0.717, 1.165) is 5.56 Å². The summed E-state index contributed by atoms with van der Waals surface area (Å²) in [5.41, 5.74) is 0.825. The van der Waals surface area contributed by atoms with Crippen LogP contribution >= 0.6 is 58.0 Å². The summed E-state index contributed by atoms with van der Waals surface area (Å²) < 4.78 is 15.4. The summed E-state index contributed by atoms with van der Waals surface area (Å²) >= 11 is 28.6. The Morgan fingerprint density at radius 1 is 0.647 bits per heavy atom. The average molecular weight is 820 g/mol. The van der Waals surface area contributed by atoms with Gasteiger partial charge in [-0.25, -0.2) is 9.59 Å². The molecule has 0 saturated heterocycles. The lowest BCUT2D eigenvalue weighted by Gasteiger charge is -2.12. The Bertz CT molecular complexity index is 1420. The van der Waals surface area contributed by atoms with Gasteiger partial charge in [0.15, 0.2) is 12.7 Å². The van der Waals surface area contributed by atoms with Crippen molar-refractivity contribution in [2.24, 2.45) is 0 Å². The van der Waals surface area contributed by atoms with Crippen LogP contribution in [0.15, 0.2) is 54.6 Å². The highest BCUT2D eigenvalue weighted by Crippen LogP contribution is 2.28. The maximum atomic E-state index is 10.5.